The van der Waals surface area contributed by atoms with Crippen LogP contribution in [0.3, 0.4) is 0 Å². The molecule has 1 aromatic carbocycles. The van der Waals surface area contributed by atoms with Crippen LogP contribution >= 0.6 is 0 Å². The Bertz CT molecular complexity index is 467. The third-order valence-electron chi connectivity index (χ3n) is 3.06. The number of amides is 2. The molecule has 7 heteroatoms. The van der Waals surface area contributed by atoms with Gasteiger partial charge in [0.2, 0.25) is 0 Å². The summed E-state index contributed by atoms with van der Waals surface area (Å²) < 4.78 is 10.5. The van der Waals surface area contributed by atoms with Gasteiger partial charge < -0.3 is 25.2 Å². The van der Waals surface area contributed by atoms with Gasteiger partial charge in [0, 0.05) is 13.2 Å². The SMILES string of the molecule is CCOC[C@H](CCCNC(=O)O)NC(=O)OCc1ccccc1. The monoisotopic (exact) mass is 324 g/mol. The molecule has 0 spiro atoms. The van der Waals surface area contributed by atoms with Gasteiger partial charge in [0.05, 0.1) is 12.6 Å². The molecule has 1 rings (SSSR count). The molecule has 1 aromatic rings. The molecule has 0 unspecified atom stereocenters. The summed E-state index contributed by atoms with van der Waals surface area (Å²) >= 11 is 0. The molecule has 0 aliphatic heterocycles. The summed E-state index contributed by atoms with van der Waals surface area (Å²) in [6.07, 6.45) is -0.365. The molecule has 23 heavy (non-hydrogen) atoms. The first kappa shape index (κ1) is 18.8. The summed E-state index contributed by atoms with van der Waals surface area (Å²) in [6, 6.07) is 9.19. The van der Waals surface area contributed by atoms with Crippen molar-refractivity contribution in [1.82, 2.24) is 10.6 Å². The summed E-state index contributed by atoms with van der Waals surface area (Å²) in [5.74, 6) is 0. The Hall–Kier alpha value is -2.28. The van der Waals surface area contributed by atoms with Gasteiger partial charge in [0.1, 0.15) is 6.61 Å². The number of carboxylic acid groups (broad SMARTS) is 1. The summed E-state index contributed by atoms with van der Waals surface area (Å²) in [6.45, 7) is 3.32. The van der Waals surface area contributed by atoms with Crippen LogP contribution in [-0.2, 0) is 16.1 Å². The molecule has 0 fully saturated rings. The van der Waals surface area contributed by atoms with Gasteiger partial charge in [-0.25, -0.2) is 9.59 Å². The second-order valence-electron chi connectivity index (χ2n) is 4.94. The van der Waals surface area contributed by atoms with Crippen molar-refractivity contribution >= 4 is 12.2 Å². The van der Waals surface area contributed by atoms with Crippen LogP contribution in [0, 0.1) is 0 Å². The molecule has 0 aromatic heterocycles. The molecule has 2 amide bonds. The highest BCUT2D eigenvalue weighted by molar-refractivity contribution is 5.67. The van der Waals surface area contributed by atoms with Crippen LogP contribution in [0.15, 0.2) is 30.3 Å². The number of alkyl carbamates (subject to hydrolysis) is 1. The standard InChI is InChI=1S/C16H24N2O5/c1-2-22-12-14(9-6-10-17-15(19)20)18-16(21)23-11-13-7-4-3-5-8-13/h3-5,7-8,14,17H,2,6,9-12H2,1H3,(H,18,21)(H,19,20)/t14-/m0/s1. The van der Waals surface area contributed by atoms with Crippen LogP contribution in [0.2, 0.25) is 0 Å². The molecule has 0 heterocycles. The minimum Gasteiger partial charge on any atom is -0.465 e. The average Bonchev–Trinajstić information content (AvgIpc) is 2.55. The van der Waals surface area contributed by atoms with Gasteiger partial charge in [-0.2, -0.15) is 0 Å². The van der Waals surface area contributed by atoms with Crippen molar-refractivity contribution in [2.75, 3.05) is 19.8 Å². The molecule has 128 valence electrons. The van der Waals surface area contributed by atoms with E-state index in [-0.39, 0.29) is 12.6 Å². The number of rotatable bonds is 10. The van der Waals surface area contributed by atoms with Crippen LogP contribution in [0.5, 0.6) is 0 Å². The summed E-state index contributed by atoms with van der Waals surface area (Å²) in [5.41, 5.74) is 0.912. The Morgan fingerprint density at radius 1 is 1.26 bits per heavy atom. The lowest BCUT2D eigenvalue weighted by molar-refractivity contribution is 0.102. The highest BCUT2D eigenvalue weighted by Crippen LogP contribution is 2.03. The zero-order valence-corrected chi connectivity index (χ0v) is 13.3. The Kier molecular flexibility index (Phi) is 9.23. The molecule has 7 nitrogen and oxygen atoms in total. The van der Waals surface area contributed by atoms with E-state index in [2.05, 4.69) is 10.6 Å². The fourth-order valence-electron chi connectivity index (χ4n) is 1.93. The number of hydrogen-bond acceptors (Lipinski definition) is 4. The first-order valence-corrected chi connectivity index (χ1v) is 7.63. The Morgan fingerprint density at radius 3 is 2.65 bits per heavy atom. The second-order valence-corrected chi connectivity index (χ2v) is 4.94. The molecular formula is C16H24N2O5. The van der Waals surface area contributed by atoms with Crippen LogP contribution in [0.4, 0.5) is 9.59 Å². The van der Waals surface area contributed by atoms with E-state index in [0.29, 0.717) is 32.6 Å². The van der Waals surface area contributed by atoms with Crippen molar-refractivity contribution in [2.24, 2.45) is 0 Å². The second kappa shape index (κ2) is 11.3. The minimum absolute atomic E-state index is 0.203. The summed E-state index contributed by atoms with van der Waals surface area (Å²) in [4.78, 5) is 22.2. The van der Waals surface area contributed by atoms with Crippen molar-refractivity contribution in [3.8, 4) is 0 Å². The quantitative estimate of drug-likeness (QED) is 0.574. The van der Waals surface area contributed by atoms with E-state index in [1.807, 2.05) is 37.3 Å². The van der Waals surface area contributed by atoms with Gasteiger partial charge in [-0.15, -0.1) is 0 Å². The molecule has 0 saturated carbocycles. The third-order valence-corrected chi connectivity index (χ3v) is 3.06. The van der Waals surface area contributed by atoms with E-state index in [0.717, 1.165) is 5.56 Å². The van der Waals surface area contributed by atoms with Gasteiger partial charge >= 0.3 is 12.2 Å². The van der Waals surface area contributed by atoms with Crippen LogP contribution in [0.1, 0.15) is 25.3 Å². The summed E-state index contributed by atoms with van der Waals surface area (Å²) in [5, 5.41) is 13.6. The maximum Gasteiger partial charge on any atom is 0.407 e. The van der Waals surface area contributed by atoms with E-state index in [9.17, 15) is 9.59 Å². The first-order valence-electron chi connectivity index (χ1n) is 7.63. The van der Waals surface area contributed by atoms with Crippen molar-refractivity contribution in [3.05, 3.63) is 35.9 Å². The average molecular weight is 324 g/mol. The molecule has 0 aliphatic carbocycles. The van der Waals surface area contributed by atoms with Crippen LogP contribution < -0.4 is 10.6 Å². The van der Waals surface area contributed by atoms with E-state index in [1.54, 1.807) is 0 Å². The molecule has 1 atom stereocenters. The lowest BCUT2D eigenvalue weighted by atomic mass is 10.1. The van der Waals surface area contributed by atoms with Crippen LogP contribution in [-0.4, -0.2) is 43.1 Å². The van der Waals surface area contributed by atoms with E-state index < -0.39 is 12.2 Å². The molecule has 0 aliphatic rings. The first-order chi connectivity index (χ1) is 11.1. The lowest BCUT2D eigenvalue weighted by Crippen LogP contribution is -2.39. The molecule has 3 N–H and O–H groups in total. The Balaban J connectivity index is 2.32. The molecule has 0 saturated heterocycles. The zero-order valence-electron chi connectivity index (χ0n) is 13.3. The molecular weight excluding hydrogens is 300 g/mol. The lowest BCUT2D eigenvalue weighted by Gasteiger charge is -2.18. The van der Waals surface area contributed by atoms with Crippen molar-refractivity contribution in [2.45, 2.75) is 32.4 Å². The van der Waals surface area contributed by atoms with Gasteiger partial charge in [-0.3, -0.25) is 0 Å². The highest BCUT2D eigenvalue weighted by atomic mass is 16.5. The number of ether oxygens (including phenoxy) is 2. The number of hydrogen-bond donors (Lipinski definition) is 3. The zero-order chi connectivity index (χ0) is 16.9. The Labute approximate surface area is 136 Å². The predicted octanol–water partition coefficient (Wildman–Crippen LogP) is 2.37. The van der Waals surface area contributed by atoms with Gasteiger partial charge in [0.25, 0.3) is 0 Å². The van der Waals surface area contributed by atoms with Gasteiger partial charge in [-0.1, -0.05) is 30.3 Å². The molecule has 0 bridgehead atoms. The number of benzene rings is 1. The number of carbonyl (C=O) groups excluding carboxylic acids is 1. The van der Waals surface area contributed by atoms with E-state index in [4.69, 9.17) is 14.6 Å². The smallest absolute Gasteiger partial charge is 0.407 e. The van der Waals surface area contributed by atoms with Crippen molar-refractivity contribution in [3.63, 3.8) is 0 Å². The largest absolute Gasteiger partial charge is 0.465 e. The predicted molar refractivity (Wildman–Crippen MR) is 85.3 cm³/mol. The number of carbonyl (C=O) groups is 2. The third kappa shape index (κ3) is 9.36. The minimum atomic E-state index is -1.05. The maximum absolute atomic E-state index is 11.8. The maximum atomic E-state index is 11.8. The number of nitrogens with one attached hydrogen (secondary N) is 2. The normalized spacial score (nSPS) is 11.5. The van der Waals surface area contributed by atoms with Crippen molar-refractivity contribution in [1.29, 1.82) is 0 Å². The van der Waals surface area contributed by atoms with Crippen LogP contribution in [0.25, 0.3) is 0 Å². The molecule has 0 radical (unpaired) electrons. The highest BCUT2D eigenvalue weighted by Gasteiger charge is 2.13. The fourth-order valence-corrected chi connectivity index (χ4v) is 1.93. The summed E-state index contributed by atoms with van der Waals surface area (Å²) in [7, 11) is 0. The van der Waals surface area contributed by atoms with Gasteiger partial charge in [0.15, 0.2) is 0 Å². The fraction of sp³-hybridized carbons (Fsp3) is 0.500. The van der Waals surface area contributed by atoms with Crippen molar-refractivity contribution < 1.29 is 24.2 Å². The van der Waals surface area contributed by atoms with Gasteiger partial charge in [-0.05, 0) is 25.3 Å². The van der Waals surface area contributed by atoms with E-state index in [1.165, 1.54) is 0 Å². The Morgan fingerprint density at radius 2 is 2.00 bits per heavy atom. The van der Waals surface area contributed by atoms with E-state index >= 15 is 0 Å². The topological polar surface area (TPSA) is 96.9 Å².